The van der Waals surface area contributed by atoms with Crippen LogP contribution in [0.5, 0.6) is 0 Å². The lowest BCUT2D eigenvalue weighted by atomic mass is 10.1. The van der Waals surface area contributed by atoms with Gasteiger partial charge in [-0.05, 0) is 18.2 Å². The summed E-state index contributed by atoms with van der Waals surface area (Å²) in [6.45, 7) is 0. The Morgan fingerprint density at radius 1 is 1.29 bits per heavy atom. The summed E-state index contributed by atoms with van der Waals surface area (Å²) in [5.41, 5.74) is -0.0253. The minimum Gasteiger partial charge on any atom is -0.383 e. The van der Waals surface area contributed by atoms with E-state index < -0.39 is 24.5 Å². The van der Waals surface area contributed by atoms with Gasteiger partial charge in [-0.25, -0.2) is 0 Å². The van der Waals surface area contributed by atoms with Gasteiger partial charge >= 0.3 is 6.18 Å². The number of halogens is 5. The molecule has 0 spiro atoms. The van der Waals surface area contributed by atoms with Gasteiger partial charge in [0.1, 0.15) is 0 Å². The third-order valence-electron chi connectivity index (χ3n) is 2.00. The fourth-order valence-corrected chi connectivity index (χ4v) is 1.38. The summed E-state index contributed by atoms with van der Waals surface area (Å²) in [6, 6.07) is 3.71. The van der Waals surface area contributed by atoms with Crippen LogP contribution in [-0.2, 0) is 0 Å². The minimum absolute atomic E-state index is 0.0253. The number of rotatable bonds is 3. The maximum atomic E-state index is 12.0. The first kappa shape index (κ1) is 14.3. The average molecular weight is 287 g/mol. The molecule has 0 heterocycles. The summed E-state index contributed by atoms with van der Waals surface area (Å²) >= 11 is 11.2. The third-order valence-corrected chi connectivity index (χ3v) is 2.74. The lowest BCUT2D eigenvalue weighted by Gasteiger charge is -2.13. The van der Waals surface area contributed by atoms with Gasteiger partial charge in [-0.15, -0.1) is 0 Å². The van der Waals surface area contributed by atoms with Crippen LogP contribution in [0.3, 0.4) is 0 Å². The van der Waals surface area contributed by atoms with Crippen LogP contribution >= 0.6 is 23.2 Å². The van der Waals surface area contributed by atoms with E-state index in [4.69, 9.17) is 28.3 Å². The highest BCUT2D eigenvalue weighted by Crippen LogP contribution is 2.26. The van der Waals surface area contributed by atoms with Crippen LogP contribution in [0.25, 0.3) is 0 Å². The number of Topliss-reactive ketones (excluding diaryl/α,β-unsaturated/α-hetero) is 1. The molecule has 1 rings (SSSR count). The van der Waals surface area contributed by atoms with Crippen molar-refractivity contribution in [3.8, 4) is 0 Å². The smallest absolute Gasteiger partial charge is 0.383 e. The van der Waals surface area contributed by atoms with Gasteiger partial charge in [-0.1, -0.05) is 23.2 Å². The number of aliphatic hydroxyl groups excluding tert-OH is 1. The van der Waals surface area contributed by atoms with Crippen molar-refractivity contribution >= 4 is 29.0 Å². The molecule has 1 aromatic carbocycles. The molecule has 94 valence electrons. The van der Waals surface area contributed by atoms with E-state index in [-0.39, 0.29) is 15.6 Å². The molecule has 1 atom stereocenters. The highest BCUT2D eigenvalue weighted by atomic mass is 35.5. The predicted octanol–water partition coefficient (Wildman–Crippen LogP) is 3.49. The second-order valence-corrected chi connectivity index (χ2v) is 4.13. The fraction of sp³-hybridized carbons (Fsp3) is 0.300. The first-order valence-corrected chi connectivity index (χ1v) is 5.20. The zero-order chi connectivity index (χ0) is 13.2. The molecule has 17 heavy (non-hydrogen) atoms. The Kier molecular flexibility index (Phi) is 4.41. The molecule has 0 radical (unpaired) electrons. The molecule has 0 aliphatic rings. The van der Waals surface area contributed by atoms with Gasteiger partial charge < -0.3 is 5.11 Å². The molecule has 0 aliphatic carbocycles. The first-order chi connectivity index (χ1) is 7.71. The van der Waals surface area contributed by atoms with Crippen molar-refractivity contribution in [1.29, 1.82) is 0 Å². The number of ketones is 1. The summed E-state index contributed by atoms with van der Waals surface area (Å²) in [6.07, 6.45) is -8.53. The number of hydrogen-bond acceptors (Lipinski definition) is 2. The third kappa shape index (κ3) is 3.87. The van der Waals surface area contributed by atoms with Crippen LogP contribution in [0, 0.1) is 0 Å². The van der Waals surface area contributed by atoms with Crippen LogP contribution in [0.1, 0.15) is 16.8 Å². The molecule has 7 heteroatoms. The van der Waals surface area contributed by atoms with Crippen molar-refractivity contribution in [3.05, 3.63) is 33.8 Å². The Balaban J connectivity index is 2.80. The van der Waals surface area contributed by atoms with E-state index in [1.165, 1.54) is 12.1 Å². The van der Waals surface area contributed by atoms with Crippen LogP contribution in [-0.4, -0.2) is 23.2 Å². The number of alkyl halides is 3. The number of hydrogen-bond donors (Lipinski definition) is 1. The number of aliphatic hydroxyl groups is 1. The molecule has 0 amide bonds. The van der Waals surface area contributed by atoms with Gasteiger partial charge in [0, 0.05) is 12.0 Å². The van der Waals surface area contributed by atoms with Gasteiger partial charge in [0.15, 0.2) is 11.9 Å². The lowest BCUT2D eigenvalue weighted by molar-refractivity contribution is -0.202. The predicted molar refractivity (Wildman–Crippen MR) is 57.5 cm³/mol. The Labute approximate surface area is 105 Å². The van der Waals surface area contributed by atoms with Crippen molar-refractivity contribution in [1.82, 2.24) is 0 Å². The standard InChI is InChI=1S/C10H7Cl2F3O2/c11-6-2-1-5(3-7(6)12)8(16)4-9(17)10(13,14)15/h1-3,9,17H,4H2. The summed E-state index contributed by atoms with van der Waals surface area (Å²) in [5, 5.41) is 9.00. The molecule has 1 aromatic rings. The van der Waals surface area contributed by atoms with E-state index in [9.17, 15) is 18.0 Å². The Hall–Kier alpha value is -0.780. The zero-order valence-corrected chi connectivity index (χ0v) is 9.77. The molecule has 1 N–H and O–H groups in total. The van der Waals surface area contributed by atoms with Crippen LogP contribution < -0.4 is 0 Å². The van der Waals surface area contributed by atoms with Crippen LogP contribution in [0.4, 0.5) is 13.2 Å². The normalized spacial score (nSPS) is 13.5. The number of carbonyl (C=O) groups is 1. The van der Waals surface area contributed by atoms with Gasteiger partial charge in [0.2, 0.25) is 0 Å². The van der Waals surface area contributed by atoms with Crippen molar-refractivity contribution in [3.63, 3.8) is 0 Å². The molecule has 0 saturated carbocycles. The quantitative estimate of drug-likeness (QED) is 0.864. The molecule has 0 aromatic heterocycles. The summed E-state index contributed by atoms with van der Waals surface area (Å²) < 4.78 is 36.1. The van der Waals surface area contributed by atoms with E-state index in [1.54, 1.807) is 0 Å². The lowest BCUT2D eigenvalue weighted by Crippen LogP contribution is -2.30. The van der Waals surface area contributed by atoms with Crippen LogP contribution in [0.2, 0.25) is 10.0 Å². The molecule has 0 bridgehead atoms. The van der Waals surface area contributed by atoms with E-state index >= 15 is 0 Å². The number of carbonyl (C=O) groups excluding carboxylic acids is 1. The second-order valence-electron chi connectivity index (χ2n) is 3.31. The number of benzene rings is 1. The SMILES string of the molecule is O=C(CC(O)C(F)(F)F)c1ccc(Cl)c(Cl)c1. The van der Waals surface area contributed by atoms with Crippen LogP contribution in [0.15, 0.2) is 18.2 Å². The Bertz CT molecular complexity index is 432. The van der Waals surface area contributed by atoms with Gasteiger partial charge in [0.25, 0.3) is 0 Å². The summed E-state index contributed by atoms with van der Waals surface area (Å²) in [7, 11) is 0. The molecular formula is C10H7Cl2F3O2. The molecular weight excluding hydrogens is 280 g/mol. The second kappa shape index (κ2) is 5.25. The van der Waals surface area contributed by atoms with Crippen molar-refractivity contribution in [2.45, 2.75) is 18.7 Å². The summed E-state index contributed by atoms with van der Waals surface area (Å²) in [5.74, 6) is -0.853. The Morgan fingerprint density at radius 2 is 1.88 bits per heavy atom. The van der Waals surface area contributed by atoms with E-state index in [1.807, 2.05) is 0 Å². The summed E-state index contributed by atoms with van der Waals surface area (Å²) in [4.78, 5) is 11.4. The molecule has 1 unspecified atom stereocenters. The van der Waals surface area contributed by atoms with E-state index in [2.05, 4.69) is 0 Å². The Morgan fingerprint density at radius 3 is 2.35 bits per heavy atom. The van der Waals surface area contributed by atoms with Gasteiger partial charge in [-0.2, -0.15) is 13.2 Å². The highest BCUT2D eigenvalue weighted by Gasteiger charge is 2.39. The fourth-order valence-electron chi connectivity index (χ4n) is 1.08. The van der Waals surface area contributed by atoms with Crippen molar-refractivity contribution < 1.29 is 23.1 Å². The van der Waals surface area contributed by atoms with E-state index in [0.717, 1.165) is 6.07 Å². The molecule has 0 fully saturated rings. The maximum absolute atomic E-state index is 12.0. The van der Waals surface area contributed by atoms with Gasteiger partial charge in [0.05, 0.1) is 10.0 Å². The highest BCUT2D eigenvalue weighted by molar-refractivity contribution is 6.42. The van der Waals surface area contributed by atoms with E-state index in [0.29, 0.717) is 0 Å². The molecule has 0 saturated heterocycles. The maximum Gasteiger partial charge on any atom is 0.414 e. The van der Waals surface area contributed by atoms with Gasteiger partial charge in [-0.3, -0.25) is 4.79 Å². The monoisotopic (exact) mass is 286 g/mol. The molecule has 2 nitrogen and oxygen atoms in total. The minimum atomic E-state index is -4.81. The average Bonchev–Trinajstić information content (AvgIpc) is 2.20. The topological polar surface area (TPSA) is 37.3 Å². The largest absolute Gasteiger partial charge is 0.414 e. The van der Waals surface area contributed by atoms with Crippen molar-refractivity contribution in [2.75, 3.05) is 0 Å². The molecule has 0 aliphatic heterocycles. The first-order valence-electron chi connectivity index (χ1n) is 4.45. The zero-order valence-electron chi connectivity index (χ0n) is 8.26. The van der Waals surface area contributed by atoms with Crippen molar-refractivity contribution in [2.24, 2.45) is 0 Å².